The van der Waals surface area contributed by atoms with E-state index >= 15 is 0 Å². The fourth-order valence-corrected chi connectivity index (χ4v) is 2.05. The van der Waals surface area contributed by atoms with Crippen LogP contribution < -0.4 is 0 Å². The smallest absolute Gasteiger partial charge is 0.196 e. The number of morpholine rings is 1. The molecule has 0 aromatic heterocycles. The van der Waals surface area contributed by atoms with Gasteiger partial charge in [-0.25, -0.2) is 0 Å². The summed E-state index contributed by atoms with van der Waals surface area (Å²) in [5.74, 6) is 1.15. The van der Waals surface area contributed by atoms with E-state index in [9.17, 15) is 0 Å². The van der Waals surface area contributed by atoms with Crippen LogP contribution in [0.3, 0.4) is 0 Å². The van der Waals surface area contributed by atoms with E-state index < -0.39 is 0 Å². The van der Waals surface area contributed by atoms with Crippen molar-refractivity contribution in [3.05, 3.63) is 0 Å². The molecule has 0 spiro atoms. The number of ether oxygens (including phenoxy) is 1. The summed E-state index contributed by atoms with van der Waals surface area (Å²) in [7, 11) is 2.11. The molecule has 14 heavy (non-hydrogen) atoms. The van der Waals surface area contributed by atoms with Gasteiger partial charge in [0, 0.05) is 20.1 Å². The molecule has 2 rings (SSSR count). The van der Waals surface area contributed by atoms with Gasteiger partial charge in [-0.1, -0.05) is 0 Å². The molecule has 2 atom stereocenters. The minimum Gasteiger partial charge on any atom is -0.375 e. The number of likely N-dealkylation sites (N-methyl/N-ethyl adjacent to an activating group) is 1. The van der Waals surface area contributed by atoms with Crippen LogP contribution in [0.15, 0.2) is 4.99 Å². The second-order valence-electron chi connectivity index (χ2n) is 4.11. The number of rotatable bonds is 0. The Balaban J connectivity index is 2.09. The molecule has 0 saturated carbocycles. The number of aliphatic imine (C=N–C) groups is 1. The number of guanidine groups is 1. The molecule has 0 N–H and O–H groups in total. The van der Waals surface area contributed by atoms with Crippen LogP contribution in [0.5, 0.6) is 0 Å². The first-order valence-electron chi connectivity index (χ1n) is 5.34. The van der Waals surface area contributed by atoms with Gasteiger partial charge in [0.05, 0.1) is 25.3 Å². The third-order valence-corrected chi connectivity index (χ3v) is 3.17. The maximum absolute atomic E-state index is 5.60. The van der Waals surface area contributed by atoms with Crippen molar-refractivity contribution in [2.45, 2.75) is 26.0 Å². The largest absolute Gasteiger partial charge is 0.375 e. The average molecular weight is 197 g/mol. The summed E-state index contributed by atoms with van der Waals surface area (Å²) in [6.45, 7) is 8.11. The zero-order valence-electron chi connectivity index (χ0n) is 9.23. The summed E-state index contributed by atoms with van der Waals surface area (Å²) >= 11 is 0. The van der Waals surface area contributed by atoms with Crippen molar-refractivity contribution in [3.8, 4) is 0 Å². The maximum Gasteiger partial charge on any atom is 0.196 e. The van der Waals surface area contributed by atoms with Gasteiger partial charge < -0.3 is 14.5 Å². The zero-order valence-corrected chi connectivity index (χ0v) is 9.23. The Morgan fingerprint density at radius 3 is 2.79 bits per heavy atom. The van der Waals surface area contributed by atoms with Crippen molar-refractivity contribution in [1.82, 2.24) is 9.80 Å². The Labute approximate surface area is 85.5 Å². The van der Waals surface area contributed by atoms with E-state index in [1.54, 1.807) is 0 Å². The second kappa shape index (κ2) is 3.77. The van der Waals surface area contributed by atoms with E-state index in [0.29, 0.717) is 12.1 Å². The van der Waals surface area contributed by atoms with Crippen molar-refractivity contribution >= 4 is 5.96 Å². The summed E-state index contributed by atoms with van der Waals surface area (Å²) in [5.41, 5.74) is 0. The van der Waals surface area contributed by atoms with Gasteiger partial charge in [-0.05, 0) is 13.8 Å². The van der Waals surface area contributed by atoms with Crippen LogP contribution in [-0.2, 0) is 4.74 Å². The lowest BCUT2D eigenvalue weighted by atomic mass is 10.1. The molecule has 1 fully saturated rings. The highest BCUT2D eigenvalue weighted by Gasteiger charge is 2.30. The monoisotopic (exact) mass is 197 g/mol. The van der Waals surface area contributed by atoms with Gasteiger partial charge in [-0.3, -0.25) is 4.99 Å². The van der Waals surface area contributed by atoms with Crippen molar-refractivity contribution in [1.29, 1.82) is 0 Å². The van der Waals surface area contributed by atoms with Crippen molar-refractivity contribution in [3.63, 3.8) is 0 Å². The van der Waals surface area contributed by atoms with Crippen molar-refractivity contribution < 1.29 is 4.74 Å². The summed E-state index contributed by atoms with van der Waals surface area (Å²) in [4.78, 5) is 9.13. The normalized spacial score (nSPS) is 33.5. The van der Waals surface area contributed by atoms with E-state index in [2.05, 4.69) is 35.7 Å². The number of nitrogens with zero attached hydrogens (tertiary/aromatic N) is 3. The number of hydrogen-bond donors (Lipinski definition) is 0. The minimum atomic E-state index is 0.306. The SMILES string of the molecule is CC1OCCN(C2=NCCN2C)C1C. The molecule has 4 nitrogen and oxygen atoms in total. The van der Waals surface area contributed by atoms with Crippen LogP contribution in [0.4, 0.5) is 0 Å². The Hall–Kier alpha value is -0.770. The molecule has 2 aliphatic rings. The molecule has 0 radical (unpaired) electrons. The Bertz CT molecular complexity index is 242. The van der Waals surface area contributed by atoms with E-state index in [1.165, 1.54) is 0 Å². The predicted octanol–water partition coefficient (Wildman–Crippen LogP) is 0.397. The van der Waals surface area contributed by atoms with Gasteiger partial charge >= 0.3 is 0 Å². The molecular formula is C10H19N3O. The van der Waals surface area contributed by atoms with Gasteiger partial charge in [0.2, 0.25) is 0 Å². The van der Waals surface area contributed by atoms with Crippen LogP contribution >= 0.6 is 0 Å². The predicted molar refractivity (Wildman–Crippen MR) is 56.5 cm³/mol. The lowest BCUT2D eigenvalue weighted by Gasteiger charge is -2.40. The minimum absolute atomic E-state index is 0.306. The quantitative estimate of drug-likeness (QED) is 0.562. The Morgan fingerprint density at radius 2 is 2.14 bits per heavy atom. The number of hydrogen-bond acceptors (Lipinski definition) is 4. The van der Waals surface area contributed by atoms with Crippen LogP contribution in [0, 0.1) is 0 Å². The highest BCUT2D eigenvalue weighted by molar-refractivity contribution is 5.81. The molecule has 0 aromatic rings. The van der Waals surface area contributed by atoms with E-state index in [-0.39, 0.29) is 0 Å². The van der Waals surface area contributed by atoms with Crippen LogP contribution in [0.1, 0.15) is 13.8 Å². The highest BCUT2D eigenvalue weighted by Crippen LogP contribution is 2.16. The summed E-state index contributed by atoms with van der Waals surface area (Å²) in [6, 6.07) is 0.433. The molecule has 0 amide bonds. The lowest BCUT2D eigenvalue weighted by Crippen LogP contribution is -2.54. The van der Waals surface area contributed by atoms with Crippen LogP contribution in [0.25, 0.3) is 0 Å². The van der Waals surface area contributed by atoms with E-state index in [1.807, 2.05) is 0 Å². The maximum atomic E-state index is 5.60. The third-order valence-electron chi connectivity index (χ3n) is 3.17. The van der Waals surface area contributed by atoms with E-state index in [0.717, 1.165) is 32.2 Å². The Morgan fingerprint density at radius 1 is 1.36 bits per heavy atom. The van der Waals surface area contributed by atoms with Crippen molar-refractivity contribution in [2.24, 2.45) is 4.99 Å². The molecule has 4 heteroatoms. The average Bonchev–Trinajstić information content (AvgIpc) is 2.57. The first kappa shape index (κ1) is 9.77. The van der Waals surface area contributed by atoms with Gasteiger partial charge in [0.1, 0.15) is 0 Å². The molecule has 2 aliphatic heterocycles. The first-order valence-corrected chi connectivity index (χ1v) is 5.34. The standard InChI is InChI=1S/C10H19N3O/c1-8-9(2)14-7-6-13(8)10-11-4-5-12(10)3/h8-9H,4-7H2,1-3H3. The molecule has 0 bridgehead atoms. The van der Waals surface area contributed by atoms with Gasteiger partial charge in [0.25, 0.3) is 0 Å². The third kappa shape index (κ3) is 1.59. The van der Waals surface area contributed by atoms with Gasteiger partial charge in [0.15, 0.2) is 5.96 Å². The Kier molecular flexibility index (Phi) is 2.63. The zero-order chi connectivity index (χ0) is 10.1. The molecule has 1 saturated heterocycles. The first-order chi connectivity index (χ1) is 6.70. The summed E-state index contributed by atoms with van der Waals surface area (Å²) < 4.78 is 5.60. The molecule has 2 unspecified atom stereocenters. The fraction of sp³-hybridized carbons (Fsp3) is 0.900. The van der Waals surface area contributed by atoms with Crippen LogP contribution in [-0.4, -0.2) is 61.2 Å². The lowest BCUT2D eigenvalue weighted by molar-refractivity contribution is -0.0315. The molecule has 0 aliphatic carbocycles. The second-order valence-corrected chi connectivity index (χ2v) is 4.11. The molecule has 2 heterocycles. The highest BCUT2D eigenvalue weighted by atomic mass is 16.5. The molecular weight excluding hydrogens is 178 g/mol. The van der Waals surface area contributed by atoms with Gasteiger partial charge in [-0.15, -0.1) is 0 Å². The summed E-state index contributed by atoms with van der Waals surface area (Å²) in [5, 5.41) is 0. The van der Waals surface area contributed by atoms with Crippen molar-refractivity contribution in [2.75, 3.05) is 33.3 Å². The van der Waals surface area contributed by atoms with E-state index in [4.69, 9.17) is 4.74 Å². The molecule has 80 valence electrons. The molecule has 0 aromatic carbocycles. The fourth-order valence-electron chi connectivity index (χ4n) is 2.05. The van der Waals surface area contributed by atoms with Gasteiger partial charge in [-0.2, -0.15) is 0 Å². The van der Waals surface area contributed by atoms with Crippen LogP contribution in [0.2, 0.25) is 0 Å². The topological polar surface area (TPSA) is 28.1 Å². The summed E-state index contributed by atoms with van der Waals surface area (Å²) in [6.07, 6.45) is 0.306.